The molecule has 0 spiro atoms. The van der Waals surface area contributed by atoms with E-state index in [0.717, 1.165) is 7.11 Å². The molecule has 0 heterocycles. The fraction of sp³-hybridized carbons (Fsp3) is 0.850. The average Bonchev–Trinajstić information content (AvgIpc) is 3.15. The minimum atomic E-state index is -4.00. The summed E-state index contributed by atoms with van der Waals surface area (Å²) in [7, 11) is -3.02. The van der Waals surface area contributed by atoms with Crippen molar-refractivity contribution >= 4 is 25.8 Å². The standard InChI is InChI=1S/C20H35FNO9P/c1-10-28-32(26,29-11-2)13-19(21)12-20(19,14(23)27-9)22(15(24)30-17(3,4)5)16(25)31-18(6,7)8/h10-13H2,1-9H3/t19-,20+/m1/s1. The van der Waals surface area contributed by atoms with E-state index in [2.05, 4.69) is 0 Å². The predicted octanol–water partition coefficient (Wildman–Crippen LogP) is 4.45. The van der Waals surface area contributed by atoms with Crippen molar-refractivity contribution in [3.63, 3.8) is 0 Å². The Morgan fingerprint density at radius 2 is 1.34 bits per heavy atom. The number of hydrogen-bond acceptors (Lipinski definition) is 9. The molecule has 0 saturated heterocycles. The Morgan fingerprint density at radius 1 is 0.938 bits per heavy atom. The zero-order valence-electron chi connectivity index (χ0n) is 20.3. The van der Waals surface area contributed by atoms with Crippen molar-refractivity contribution < 1.29 is 46.6 Å². The molecule has 1 saturated carbocycles. The summed E-state index contributed by atoms with van der Waals surface area (Å²) < 4.78 is 54.7. The minimum absolute atomic E-state index is 0.0412. The number of rotatable bonds is 8. The molecular formula is C20H35FNO9P. The van der Waals surface area contributed by atoms with E-state index < -0.39 is 60.7 Å². The smallest absolute Gasteiger partial charge is 0.420 e. The molecule has 0 aromatic carbocycles. The van der Waals surface area contributed by atoms with Gasteiger partial charge in [-0.1, -0.05) is 0 Å². The van der Waals surface area contributed by atoms with Gasteiger partial charge in [0.25, 0.3) is 0 Å². The molecule has 0 radical (unpaired) electrons. The molecule has 1 fully saturated rings. The van der Waals surface area contributed by atoms with Crippen LogP contribution in [0.1, 0.15) is 61.8 Å². The Morgan fingerprint density at radius 3 is 1.66 bits per heavy atom. The molecule has 0 N–H and O–H groups in total. The van der Waals surface area contributed by atoms with Gasteiger partial charge in [0.1, 0.15) is 11.2 Å². The SMILES string of the molecule is CCOP(=O)(C[C@]1(F)C[C@@]1(C(=O)OC)N(C(=O)OC(C)(C)C)C(=O)OC(C)(C)C)OCC. The molecule has 1 aliphatic rings. The number of alkyl halides is 1. The molecule has 0 aromatic heterocycles. The lowest BCUT2D eigenvalue weighted by Gasteiger charge is -2.34. The first kappa shape index (κ1) is 28.3. The van der Waals surface area contributed by atoms with Crippen LogP contribution in [-0.4, -0.2) is 72.0 Å². The van der Waals surface area contributed by atoms with Gasteiger partial charge in [0, 0.05) is 6.42 Å². The maximum Gasteiger partial charge on any atom is 0.420 e. The van der Waals surface area contributed by atoms with E-state index in [1.807, 2.05) is 0 Å². The first-order valence-electron chi connectivity index (χ1n) is 10.3. The second-order valence-corrected chi connectivity index (χ2v) is 11.4. The van der Waals surface area contributed by atoms with Gasteiger partial charge in [0.05, 0.1) is 26.5 Å². The lowest BCUT2D eigenvalue weighted by Crippen LogP contribution is -2.57. The van der Waals surface area contributed by atoms with Gasteiger partial charge >= 0.3 is 25.8 Å². The molecule has 186 valence electrons. The molecule has 0 bridgehead atoms. The first-order valence-corrected chi connectivity index (χ1v) is 12.0. The number of halogens is 1. The predicted molar refractivity (Wildman–Crippen MR) is 113 cm³/mol. The molecule has 1 rings (SSSR count). The van der Waals surface area contributed by atoms with Gasteiger partial charge in [-0.15, -0.1) is 0 Å². The van der Waals surface area contributed by atoms with Crippen molar-refractivity contribution in [3.05, 3.63) is 0 Å². The van der Waals surface area contributed by atoms with Crippen molar-refractivity contribution in [2.45, 2.75) is 84.2 Å². The minimum Gasteiger partial charge on any atom is -0.467 e. The van der Waals surface area contributed by atoms with Gasteiger partial charge in [0.2, 0.25) is 0 Å². The summed E-state index contributed by atoms with van der Waals surface area (Å²) in [6, 6.07) is 0. The normalized spacial score (nSPS) is 23.3. The Bertz CT molecular complexity index is 738. The number of carbonyl (C=O) groups excluding carboxylic acids is 3. The lowest BCUT2D eigenvalue weighted by molar-refractivity contribution is -0.150. The second kappa shape index (κ2) is 9.65. The van der Waals surface area contributed by atoms with Gasteiger partial charge in [-0.2, -0.15) is 4.90 Å². The highest BCUT2D eigenvalue weighted by atomic mass is 31.2. The van der Waals surface area contributed by atoms with Crippen LogP contribution in [0.3, 0.4) is 0 Å². The molecule has 0 aliphatic heterocycles. The van der Waals surface area contributed by atoms with Crippen LogP contribution in [0.5, 0.6) is 0 Å². The molecule has 0 aromatic rings. The third kappa shape index (κ3) is 6.42. The molecule has 2 atom stereocenters. The van der Waals surface area contributed by atoms with E-state index in [4.69, 9.17) is 23.3 Å². The summed E-state index contributed by atoms with van der Waals surface area (Å²) in [5.41, 5.74) is -7.27. The number of nitrogens with zero attached hydrogens (tertiary/aromatic N) is 1. The summed E-state index contributed by atoms with van der Waals surface area (Å²) in [6.45, 7) is 12.2. The fourth-order valence-electron chi connectivity index (χ4n) is 3.17. The number of carbonyl (C=O) groups is 3. The number of ether oxygens (including phenoxy) is 3. The Hall–Kier alpha value is -1.71. The summed E-state index contributed by atoms with van der Waals surface area (Å²) in [5.74, 6) is -1.23. The van der Waals surface area contributed by atoms with Crippen LogP contribution < -0.4 is 0 Å². The number of methoxy groups -OCH3 is 1. The Balaban J connectivity index is 3.54. The highest BCUT2D eigenvalue weighted by molar-refractivity contribution is 7.54. The Labute approximate surface area is 188 Å². The van der Waals surface area contributed by atoms with Crippen LogP contribution in [0, 0.1) is 0 Å². The quantitative estimate of drug-likeness (QED) is 0.280. The topological polar surface area (TPSA) is 118 Å². The van der Waals surface area contributed by atoms with E-state index in [1.54, 1.807) is 13.8 Å². The van der Waals surface area contributed by atoms with Gasteiger partial charge in [-0.3, -0.25) is 4.57 Å². The molecule has 0 unspecified atom stereocenters. The van der Waals surface area contributed by atoms with Gasteiger partial charge in [-0.25, -0.2) is 18.8 Å². The van der Waals surface area contributed by atoms with Crippen molar-refractivity contribution in [2.24, 2.45) is 0 Å². The fourth-order valence-corrected chi connectivity index (χ4v) is 5.20. The molecular weight excluding hydrogens is 448 g/mol. The van der Waals surface area contributed by atoms with Gasteiger partial charge in [-0.05, 0) is 55.4 Å². The van der Waals surface area contributed by atoms with Crippen LogP contribution in [0.4, 0.5) is 14.0 Å². The highest BCUT2D eigenvalue weighted by Gasteiger charge is 2.82. The van der Waals surface area contributed by atoms with Crippen LogP contribution in [0.15, 0.2) is 0 Å². The van der Waals surface area contributed by atoms with Gasteiger partial charge in [0.15, 0.2) is 11.2 Å². The van der Waals surface area contributed by atoms with Crippen LogP contribution in [0.25, 0.3) is 0 Å². The average molecular weight is 483 g/mol. The first-order chi connectivity index (χ1) is 14.4. The summed E-state index contributed by atoms with van der Waals surface area (Å²) in [4.78, 5) is 39.1. The molecule has 10 nitrogen and oxygen atoms in total. The number of imide groups is 1. The largest absolute Gasteiger partial charge is 0.467 e. The van der Waals surface area contributed by atoms with Crippen molar-refractivity contribution in [2.75, 3.05) is 26.5 Å². The lowest BCUT2D eigenvalue weighted by atomic mass is 10.1. The Kier molecular flexibility index (Phi) is 8.54. The van der Waals surface area contributed by atoms with E-state index in [9.17, 15) is 18.9 Å². The van der Waals surface area contributed by atoms with Crippen molar-refractivity contribution in [1.29, 1.82) is 0 Å². The summed E-state index contributed by atoms with van der Waals surface area (Å²) in [6.07, 6.45) is -4.17. The molecule has 32 heavy (non-hydrogen) atoms. The number of esters is 1. The van der Waals surface area contributed by atoms with Crippen LogP contribution in [0.2, 0.25) is 0 Å². The van der Waals surface area contributed by atoms with Crippen LogP contribution >= 0.6 is 7.60 Å². The molecule has 1 aliphatic carbocycles. The van der Waals surface area contributed by atoms with E-state index >= 15 is 4.39 Å². The number of amides is 2. The third-order valence-corrected chi connectivity index (χ3v) is 6.50. The maximum atomic E-state index is 16.1. The number of hydrogen-bond donors (Lipinski definition) is 0. The van der Waals surface area contributed by atoms with E-state index in [1.165, 1.54) is 41.5 Å². The highest BCUT2D eigenvalue weighted by Crippen LogP contribution is 2.65. The maximum absolute atomic E-state index is 16.1. The van der Waals surface area contributed by atoms with E-state index in [-0.39, 0.29) is 18.1 Å². The zero-order valence-corrected chi connectivity index (χ0v) is 21.2. The summed E-state index contributed by atoms with van der Waals surface area (Å²) in [5, 5.41) is 0. The monoisotopic (exact) mass is 483 g/mol. The van der Waals surface area contributed by atoms with Gasteiger partial charge < -0.3 is 23.3 Å². The summed E-state index contributed by atoms with van der Waals surface area (Å²) >= 11 is 0. The molecule has 12 heteroatoms. The molecule has 2 amide bonds. The third-order valence-electron chi connectivity index (χ3n) is 4.31. The van der Waals surface area contributed by atoms with Crippen LogP contribution in [-0.2, 0) is 32.6 Å². The van der Waals surface area contributed by atoms with Crippen molar-refractivity contribution in [3.8, 4) is 0 Å². The van der Waals surface area contributed by atoms with Crippen molar-refractivity contribution in [1.82, 2.24) is 4.90 Å². The zero-order chi connectivity index (χ0) is 25.2. The van der Waals surface area contributed by atoms with E-state index in [0.29, 0.717) is 0 Å². The second-order valence-electron chi connectivity index (χ2n) is 9.39.